The first kappa shape index (κ1) is 24.9. The number of hydrogen-bond donors (Lipinski definition) is 2. The maximum Gasteiger partial charge on any atom is 0.255 e. The Bertz CT molecular complexity index is 1280. The summed E-state index contributed by atoms with van der Waals surface area (Å²) >= 11 is 24.1. The van der Waals surface area contributed by atoms with Gasteiger partial charge in [-0.25, -0.2) is 0 Å². The molecule has 0 radical (unpaired) electrons. The zero-order chi connectivity index (χ0) is 24.9. The Balaban J connectivity index is 1.38. The molecule has 0 aromatic heterocycles. The van der Waals surface area contributed by atoms with Gasteiger partial charge in [0.1, 0.15) is 11.5 Å². The molecule has 2 N–H and O–H groups in total. The Morgan fingerprint density at radius 3 is 1.29 bits per heavy atom. The second-order valence-electron chi connectivity index (χ2n) is 7.31. The standard InChI is InChI=1S/C26H16Cl4N2O3/c27-17-5-11-21(29)23(13-17)31-25(33)15-1-7-19(8-2-15)35-20-9-3-16(4-10-20)26(34)32-24-14-18(28)6-12-22(24)30/h1-14H,(H,31,33)(H,32,34). The number of anilines is 2. The van der Waals surface area contributed by atoms with Crippen molar-refractivity contribution in [3.05, 3.63) is 116 Å². The highest BCUT2D eigenvalue weighted by atomic mass is 35.5. The molecule has 4 rings (SSSR count). The van der Waals surface area contributed by atoms with Crippen LogP contribution in [0.2, 0.25) is 20.1 Å². The second kappa shape index (κ2) is 11.0. The lowest BCUT2D eigenvalue weighted by Crippen LogP contribution is -2.12. The van der Waals surface area contributed by atoms with Gasteiger partial charge in [0.05, 0.1) is 21.4 Å². The molecule has 5 nitrogen and oxygen atoms in total. The Morgan fingerprint density at radius 1 is 0.543 bits per heavy atom. The fourth-order valence-corrected chi connectivity index (χ4v) is 3.73. The number of ether oxygens (including phenoxy) is 1. The van der Waals surface area contributed by atoms with Crippen LogP contribution >= 0.6 is 46.4 Å². The van der Waals surface area contributed by atoms with Crippen molar-refractivity contribution in [3.63, 3.8) is 0 Å². The van der Waals surface area contributed by atoms with E-state index < -0.39 is 0 Å². The number of carbonyl (C=O) groups is 2. The summed E-state index contributed by atoms with van der Waals surface area (Å²) in [6.07, 6.45) is 0. The lowest BCUT2D eigenvalue weighted by Gasteiger charge is -2.10. The molecule has 0 bridgehead atoms. The second-order valence-corrected chi connectivity index (χ2v) is 8.99. The normalized spacial score (nSPS) is 10.5. The van der Waals surface area contributed by atoms with Gasteiger partial charge < -0.3 is 15.4 Å². The molecule has 0 unspecified atom stereocenters. The fourth-order valence-electron chi connectivity index (χ4n) is 3.06. The van der Waals surface area contributed by atoms with Crippen LogP contribution in [0.1, 0.15) is 20.7 Å². The van der Waals surface area contributed by atoms with Crippen molar-refractivity contribution in [2.45, 2.75) is 0 Å². The minimum Gasteiger partial charge on any atom is -0.457 e. The van der Waals surface area contributed by atoms with Crippen LogP contribution in [0.15, 0.2) is 84.9 Å². The molecular weight excluding hydrogens is 530 g/mol. The molecule has 0 aliphatic rings. The van der Waals surface area contributed by atoms with Crippen LogP contribution < -0.4 is 15.4 Å². The van der Waals surface area contributed by atoms with Gasteiger partial charge in [0, 0.05) is 21.2 Å². The maximum atomic E-state index is 12.5. The summed E-state index contributed by atoms with van der Waals surface area (Å²) in [5.41, 5.74) is 1.68. The molecule has 0 saturated heterocycles. The first-order valence-electron chi connectivity index (χ1n) is 10.2. The molecule has 4 aromatic carbocycles. The van der Waals surface area contributed by atoms with Crippen LogP contribution in [0.4, 0.5) is 11.4 Å². The summed E-state index contributed by atoms with van der Waals surface area (Å²) < 4.78 is 5.81. The number of rotatable bonds is 6. The van der Waals surface area contributed by atoms with Crippen LogP contribution in [0.25, 0.3) is 0 Å². The Morgan fingerprint density at radius 2 is 0.914 bits per heavy atom. The van der Waals surface area contributed by atoms with Gasteiger partial charge in [-0.05, 0) is 84.9 Å². The highest BCUT2D eigenvalue weighted by Crippen LogP contribution is 2.28. The van der Waals surface area contributed by atoms with E-state index in [1.165, 1.54) is 0 Å². The van der Waals surface area contributed by atoms with Crippen LogP contribution in [0.5, 0.6) is 11.5 Å². The third-order valence-electron chi connectivity index (χ3n) is 4.82. The van der Waals surface area contributed by atoms with Crippen LogP contribution in [0, 0.1) is 0 Å². The van der Waals surface area contributed by atoms with E-state index in [4.69, 9.17) is 51.1 Å². The molecule has 0 saturated carbocycles. The van der Waals surface area contributed by atoms with Crippen molar-refractivity contribution in [1.82, 2.24) is 0 Å². The van der Waals surface area contributed by atoms with Gasteiger partial charge in [0.25, 0.3) is 11.8 Å². The van der Waals surface area contributed by atoms with E-state index in [0.717, 1.165) is 0 Å². The van der Waals surface area contributed by atoms with E-state index in [0.29, 0.717) is 54.1 Å². The number of hydrogen-bond acceptors (Lipinski definition) is 3. The Hall–Kier alpha value is -3.22. The van der Waals surface area contributed by atoms with Crippen LogP contribution in [-0.2, 0) is 0 Å². The predicted octanol–water partition coefficient (Wildman–Crippen LogP) is 8.60. The minimum atomic E-state index is -0.337. The molecular formula is C26H16Cl4N2O3. The largest absolute Gasteiger partial charge is 0.457 e. The van der Waals surface area contributed by atoms with Gasteiger partial charge in [0.2, 0.25) is 0 Å². The molecule has 2 amide bonds. The lowest BCUT2D eigenvalue weighted by molar-refractivity contribution is 0.101. The van der Waals surface area contributed by atoms with Gasteiger partial charge in [-0.2, -0.15) is 0 Å². The van der Waals surface area contributed by atoms with Crippen molar-refractivity contribution >= 4 is 69.6 Å². The van der Waals surface area contributed by atoms with E-state index in [1.54, 1.807) is 84.9 Å². The van der Waals surface area contributed by atoms with E-state index in [-0.39, 0.29) is 11.8 Å². The lowest BCUT2D eigenvalue weighted by atomic mass is 10.2. The van der Waals surface area contributed by atoms with Crippen molar-refractivity contribution in [2.75, 3.05) is 10.6 Å². The Labute approximate surface area is 221 Å². The summed E-state index contributed by atoms with van der Waals surface area (Å²) in [5, 5.41) is 7.15. The topological polar surface area (TPSA) is 67.4 Å². The van der Waals surface area contributed by atoms with Gasteiger partial charge >= 0.3 is 0 Å². The average molecular weight is 546 g/mol. The SMILES string of the molecule is O=C(Nc1cc(Cl)ccc1Cl)c1ccc(Oc2ccc(C(=O)Nc3cc(Cl)ccc3Cl)cc2)cc1. The van der Waals surface area contributed by atoms with Crippen molar-refractivity contribution in [2.24, 2.45) is 0 Å². The number of nitrogens with one attached hydrogen (secondary N) is 2. The van der Waals surface area contributed by atoms with E-state index >= 15 is 0 Å². The number of benzene rings is 4. The third-order valence-corrected chi connectivity index (χ3v) is 5.95. The molecule has 0 aliphatic carbocycles. The summed E-state index contributed by atoms with van der Waals surface area (Å²) in [5.74, 6) is 0.363. The number of carbonyl (C=O) groups excluding carboxylic acids is 2. The smallest absolute Gasteiger partial charge is 0.255 e. The summed E-state index contributed by atoms with van der Waals surface area (Å²) in [6.45, 7) is 0. The Kier molecular flexibility index (Phi) is 7.83. The first-order chi connectivity index (χ1) is 16.8. The number of amides is 2. The van der Waals surface area contributed by atoms with Gasteiger partial charge in [-0.3, -0.25) is 9.59 Å². The third kappa shape index (κ3) is 6.47. The molecule has 0 atom stereocenters. The van der Waals surface area contributed by atoms with Crippen LogP contribution in [0.3, 0.4) is 0 Å². The van der Waals surface area contributed by atoms with E-state index in [9.17, 15) is 9.59 Å². The molecule has 4 aromatic rings. The zero-order valence-electron chi connectivity index (χ0n) is 17.8. The molecule has 0 fully saturated rings. The fraction of sp³-hybridized carbons (Fsp3) is 0. The average Bonchev–Trinajstić information content (AvgIpc) is 2.84. The molecule has 9 heteroatoms. The van der Waals surface area contributed by atoms with Crippen molar-refractivity contribution < 1.29 is 14.3 Å². The maximum absolute atomic E-state index is 12.5. The molecule has 0 heterocycles. The zero-order valence-corrected chi connectivity index (χ0v) is 20.8. The molecule has 0 aliphatic heterocycles. The highest BCUT2D eigenvalue weighted by molar-refractivity contribution is 6.36. The van der Waals surface area contributed by atoms with Gasteiger partial charge in [0.15, 0.2) is 0 Å². The number of halogens is 4. The monoisotopic (exact) mass is 544 g/mol. The van der Waals surface area contributed by atoms with Crippen molar-refractivity contribution in [3.8, 4) is 11.5 Å². The summed E-state index contributed by atoms with van der Waals surface area (Å²) in [6, 6.07) is 22.8. The van der Waals surface area contributed by atoms with Gasteiger partial charge in [-0.1, -0.05) is 46.4 Å². The highest BCUT2D eigenvalue weighted by Gasteiger charge is 2.11. The first-order valence-corrected chi connectivity index (χ1v) is 11.7. The van der Waals surface area contributed by atoms with Gasteiger partial charge in [-0.15, -0.1) is 0 Å². The minimum absolute atomic E-state index is 0.337. The summed E-state index contributed by atoms with van der Waals surface area (Å²) in [4.78, 5) is 25.0. The van der Waals surface area contributed by atoms with E-state index in [2.05, 4.69) is 10.6 Å². The van der Waals surface area contributed by atoms with Crippen LogP contribution in [-0.4, -0.2) is 11.8 Å². The van der Waals surface area contributed by atoms with Crippen molar-refractivity contribution in [1.29, 1.82) is 0 Å². The summed E-state index contributed by atoms with van der Waals surface area (Å²) in [7, 11) is 0. The molecule has 176 valence electrons. The molecule has 0 spiro atoms. The van der Waals surface area contributed by atoms with E-state index in [1.807, 2.05) is 0 Å². The molecule has 35 heavy (non-hydrogen) atoms. The predicted molar refractivity (Wildman–Crippen MR) is 142 cm³/mol. The quantitative estimate of drug-likeness (QED) is 0.255.